The van der Waals surface area contributed by atoms with Crippen molar-refractivity contribution in [3.63, 3.8) is 0 Å². The summed E-state index contributed by atoms with van der Waals surface area (Å²) in [7, 11) is 0. The molecule has 1 aliphatic heterocycles. The lowest BCUT2D eigenvalue weighted by Gasteiger charge is -2.35. The molecule has 0 unspecified atom stereocenters. The third-order valence-electron chi connectivity index (χ3n) is 2.49. The van der Waals surface area contributed by atoms with Crippen molar-refractivity contribution < 1.29 is 9.90 Å². The topological polar surface area (TPSA) is 69.8 Å². The lowest BCUT2D eigenvalue weighted by atomic mass is 10.2. The van der Waals surface area contributed by atoms with Crippen molar-refractivity contribution >= 4 is 18.3 Å². The van der Waals surface area contributed by atoms with Gasteiger partial charge < -0.3 is 15.7 Å². The zero-order chi connectivity index (χ0) is 10.6. The molecule has 90 valence electrons. The molecule has 0 saturated carbocycles. The number of hydrogen-bond donors (Lipinski definition) is 2. The number of piperazine rings is 1. The van der Waals surface area contributed by atoms with Crippen molar-refractivity contribution in [2.75, 3.05) is 39.3 Å². The first kappa shape index (κ1) is 14.6. The van der Waals surface area contributed by atoms with Gasteiger partial charge in [0.25, 0.3) is 0 Å². The van der Waals surface area contributed by atoms with E-state index in [1.165, 1.54) is 0 Å². The molecule has 1 atom stereocenters. The van der Waals surface area contributed by atoms with Gasteiger partial charge in [-0.25, -0.2) is 0 Å². The van der Waals surface area contributed by atoms with Gasteiger partial charge in [0.2, 0.25) is 5.91 Å². The molecule has 0 radical (unpaired) electrons. The van der Waals surface area contributed by atoms with E-state index in [4.69, 9.17) is 10.8 Å². The summed E-state index contributed by atoms with van der Waals surface area (Å²) >= 11 is 0. The van der Waals surface area contributed by atoms with E-state index in [-0.39, 0.29) is 24.9 Å². The van der Waals surface area contributed by atoms with E-state index in [9.17, 15) is 4.79 Å². The van der Waals surface area contributed by atoms with Crippen molar-refractivity contribution in [2.45, 2.75) is 13.0 Å². The van der Waals surface area contributed by atoms with Crippen LogP contribution < -0.4 is 5.73 Å². The number of nitrogens with zero attached hydrogens (tertiary/aromatic N) is 2. The van der Waals surface area contributed by atoms with Crippen LogP contribution in [-0.4, -0.2) is 66.2 Å². The van der Waals surface area contributed by atoms with E-state index >= 15 is 0 Å². The van der Waals surface area contributed by atoms with Crippen molar-refractivity contribution in [1.82, 2.24) is 9.80 Å². The number of aliphatic hydroxyl groups excluding tert-OH is 1. The summed E-state index contributed by atoms with van der Waals surface area (Å²) in [5, 5.41) is 8.74. The van der Waals surface area contributed by atoms with Gasteiger partial charge in [0.05, 0.1) is 12.6 Å². The van der Waals surface area contributed by atoms with E-state index in [1.54, 1.807) is 11.8 Å². The monoisotopic (exact) mass is 237 g/mol. The van der Waals surface area contributed by atoms with E-state index in [1.807, 2.05) is 0 Å². The largest absolute Gasteiger partial charge is 0.395 e. The average Bonchev–Trinajstić information content (AvgIpc) is 2.18. The fourth-order valence-electron chi connectivity index (χ4n) is 1.62. The quantitative estimate of drug-likeness (QED) is 0.653. The number of halogens is 1. The molecule has 1 saturated heterocycles. The highest BCUT2D eigenvalue weighted by Gasteiger charge is 2.22. The molecule has 0 bridgehead atoms. The Hall–Kier alpha value is -0.360. The molecule has 15 heavy (non-hydrogen) atoms. The number of amides is 1. The van der Waals surface area contributed by atoms with Gasteiger partial charge in [-0.1, -0.05) is 0 Å². The predicted octanol–water partition coefficient (Wildman–Crippen LogP) is -1.11. The Morgan fingerprint density at radius 2 is 1.93 bits per heavy atom. The fourth-order valence-corrected chi connectivity index (χ4v) is 1.62. The van der Waals surface area contributed by atoms with Crippen molar-refractivity contribution in [2.24, 2.45) is 5.73 Å². The SMILES string of the molecule is C[C@@H](N)C(=O)N1CCN(CCO)CC1.Cl. The van der Waals surface area contributed by atoms with Gasteiger partial charge in [0.1, 0.15) is 0 Å². The molecule has 0 aliphatic carbocycles. The van der Waals surface area contributed by atoms with Crippen LogP contribution in [0.15, 0.2) is 0 Å². The van der Waals surface area contributed by atoms with Gasteiger partial charge in [0.15, 0.2) is 0 Å². The second-order valence-electron chi connectivity index (χ2n) is 3.68. The van der Waals surface area contributed by atoms with Crippen LogP contribution in [0.25, 0.3) is 0 Å². The minimum absolute atomic E-state index is 0. The molecule has 0 aromatic carbocycles. The number of hydrogen-bond acceptors (Lipinski definition) is 4. The molecule has 1 aliphatic rings. The fraction of sp³-hybridized carbons (Fsp3) is 0.889. The molecular weight excluding hydrogens is 218 g/mol. The summed E-state index contributed by atoms with van der Waals surface area (Å²) in [4.78, 5) is 15.4. The van der Waals surface area contributed by atoms with Crippen LogP contribution >= 0.6 is 12.4 Å². The highest BCUT2D eigenvalue weighted by molar-refractivity contribution is 5.85. The van der Waals surface area contributed by atoms with Crippen LogP contribution in [0, 0.1) is 0 Å². The average molecular weight is 238 g/mol. The molecule has 0 aromatic heterocycles. The first-order valence-electron chi connectivity index (χ1n) is 5.02. The molecule has 6 heteroatoms. The summed E-state index contributed by atoms with van der Waals surface area (Å²) in [5.41, 5.74) is 5.52. The number of β-amino-alcohol motifs (C(OH)–C–C–N with tert-alkyl or cyclic N) is 1. The molecule has 1 amide bonds. The molecular formula is C9H20ClN3O2. The highest BCUT2D eigenvalue weighted by Crippen LogP contribution is 2.02. The maximum Gasteiger partial charge on any atom is 0.239 e. The van der Waals surface area contributed by atoms with Crippen LogP contribution in [0.1, 0.15) is 6.92 Å². The molecule has 3 N–H and O–H groups in total. The summed E-state index contributed by atoms with van der Waals surface area (Å²) in [6.45, 7) is 5.70. The number of rotatable bonds is 3. The number of nitrogens with two attached hydrogens (primary N) is 1. The van der Waals surface area contributed by atoms with Gasteiger partial charge in [-0.3, -0.25) is 9.69 Å². The van der Waals surface area contributed by atoms with Crippen molar-refractivity contribution in [3.8, 4) is 0 Å². The maximum atomic E-state index is 11.5. The van der Waals surface area contributed by atoms with Crippen molar-refractivity contribution in [3.05, 3.63) is 0 Å². The van der Waals surface area contributed by atoms with Gasteiger partial charge in [-0.05, 0) is 6.92 Å². The summed E-state index contributed by atoms with van der Waals surface area (Å²) in [6, 6.07) is -0.403. The van der Waals surface area contributed by atoms with Crippen LogP contribution in [-0.2, 0) is 4.79 Å². The Kier molecular flexibility index (Phi) is 6.84. The van der Waals surface area contributed by atoms with Gasteiger partial charge in [-0.15, -0.1) is 12.4 Å². The summed E-state index contributed by atoms with van der Waals surface area (Å²) in [5.74, 6) is 0.0219. The third-order valence-corrected chi connectivity index (χ3v) is 2.49. The summed E-state index contributed by atoms with van der Waals surface area (Å²) < 4.78 is 0. The number of carbonyl (C=O) groups excluding carboxylic acids is 1. The molecule has 0 spiro atoms. The zero-order valence-corrected chi connectivity index (χ0v) is 9.87. The Bertz CT molecular complexity index is 194. The Labute approximate surface area is 96.6 Å². The first-order valence-corrected chi connectivity index (χ1v) is 5.02. The van der Waals surface area contributed by atoms with Crippen molar-refractivity contribution in [1.29, 1.82) is 0 Å². The lowest BCUT2D eigenvalue weighted by molar-refractivity contribution is -0.133. The van der Waals surface area contributed by atoms with E-state index in [0.717, 1.165) is 26.2 Å². The Morgan fingerprint density at radius 1 is 1.40 bits per heavy atom. The lowest BCUT2D eigenvalue weighted by Crippen LogP contribution is -2.52. The second-order valence-corrected chi connectivity index (χ2v) is 3.68. The van der Waals surface area contributed by atoms with E-state index < -0.39 is 6.04 Å². The van der Waals surface area contributed by atoms with Crippen LogP contribution in [0.5, 0.6) is 0 Å². The third kappa shape index (κ3) is 4.34. The molecule has 1 heterocycles. The molecule has 5 nitrogen and oxygen atoms in total. The molecule has 1 rings (SSSR count). The van der Waals surface area contributed by atoms with E-state index in [2.05, 4.69) is 4.90 Å². The second kappa shape index (κ2) is 7.00. The van der Waals surface area contributed by atoms with Gasteiger partial charge >= 0.3 is 0 Å². The van der Waals surface area contributed by atoms with Gasteiger partial charge in [0, 0.05) is 32.7 Å². The molecule has 1 fully saturated rings. The van der Waals surface area contributed by atoms with Crippen LogP contribution in [0.2, 0.25) is 0 Å². The van der Waals surface area contributed by atoms with Crippen LogP contribution in [0.4, 0.5) is 0 Å². The zero-order valence-electron chi connectivity index (χ0n) is 9.06. The smallest absolute Gasteiger partial charge is 0.239 e. The Balaban J connectivity index is 0.00000196. The van der Waals surface area contributed by atoms with Crippen LogP contribution in [0.3, 0.4) is 0 Å². The minimum atomic E-state index is -0.403. The summed E-state index contributed by atoms with van der Waals surface area (Å²) in [6.07, 6.45) is 0. The minimum Gasteiger partial charge on any atom is -0.395 e. The van der Waals surface area contributed by atoms with Gasteiger partial charge in [-0.2, -0.15) is 0 Å². The standard InChI is InChI=1S/C9H19N3O2.ClH/c1-8(10)9(14)12-4-2-11(3-5-12)6-7-13;/h8,13H,2-7,10H2,1H3;1H/t8-;/m1./s1. The number of aliphatic hydroxyl groups is 1. The highest BCUT2D eigenvalue weighted by atomic mass is 35.5. The normalized spacial score (nSPS) is 19.5. The maximum absolute atomic E-state index is 11.5. The molecule has 0 aromatic rings. The predicted molar refractivity (Wildman–Crippen MR) is 61.0 cm³/mol. The number of carbonyl (C=O) groups is 1. The first-order chi connectivity index (χ1) is 6.65. The Morgan fingerprint density at radius 3 is 2.33 bits per heavy atom. The van der Waals surface area contributed by atoms with E-state index in [0.29, 0.717) is 6.54 Å².